The van der Waals surface area contributed by atoms with Gasteiger partial charge in [0, 0.05) is 5.56 Å². The van der Waals surface area contributed by atoms with Crippen molar-refractivity contribution >= 4 is 16.8 Å². The number of benzene rings is 2. The van der Waals surface area contributed by atoms with Crippen molar-refractivity contribution in [3.05, 3.63) is 75.8 Å². The Kier molecular flexibility index (Phi) is 3.47. The number of nitrogens with zero attached hydrogens (tertiary/aromatic N) is 2. The van der Waals surface area contributed by atoms with E-state index in [9.17, 15) is 9.59 Å². The van der Waals surface area contributed by atoms with Gasteiger partial charge >= 0.3 is 0 Å². The average Bonchev–Trinajstić information content (AvgIpc) is 2.51. The van der Waals surface area contributed by atoms with Crippen LogP contribution in [-0.2, 0) is 0 Å². The molecule has 22 heavy (non-hydrogen) atoms. The smallest absolute Gasteiger partial charge is 0.267 e. The second kappa shape index (κ2) is 5.44. The van der Waals surface area contributed by atoms with Crippen LogP contribution in [0.15, 0.2) is 53.3 Å². The third-order valence-electron chi connectivity index (χ3n) is 3.44. The molecule has 0 aliphatic heterocycles. The van der Waals surface area contributed by atoms with E-state index in [-0.39, 0.29) is 11.5 Å². The fraction of sp³-hybridized carbons (Fsp3) is 0.118. The number of carbonyl (C=O) groups is 1. The standard InChI is InChI=1S/C17H15N3O2/c1-11-6-5-7-13(10-11)16(21)19-20-12(2)18-15-9-4-3-8-14(15)17(20)22/h3-10H,1-2H3,(H,19,21). The van der Waals surface area contributed by atoms with E-state index in [0.717, 1.165) is 5.56 Å². The van der Waals surface area contributed by atoms with Gasteiger partial charge in [-0.05, 0) is 38.1 Å². The van der Waals surface area contributed by atoms with Crippen LogP contribution in [0.2, 0.25) is 0 Å². The molecule has 0 saturated heterocycles. The lowest BCUT2D eigenvalue weighted by atomic mass is 10.1. The molecular formula is C17H15N3O2. The minimum absolute atomic E-state index is 0.288. The number of hydrogen-bond acceptors (Lipinski definition) is 3. The van der Waals surface area contributed by atoms with E-state index in [0.29, 0.717) is 22.3 Å². The number of amides is 1. The van der Waals surface area contributed by atoms with E-state index in [1.165, 1.54) is 4.68 Å². The zero-order chi connectivity index (χ0) is 15.7. The molecule has 2 aromatic carbocycles. The van der Waals surface area contributed by atoms with E-state index < -0.39 is 0 Å². The Hall–Kier alpha value is -2.95. The van der Waals surface area contributed by atoms with Crippen molar-refractivity contribution in [2.45, 2.75) is 13.8 Å². The first-order valence-corrected chi connectivity index (χ1v) is 6.92. The summed E-state index contributed by atoms with van der Waals surface area (Å²) in [5.74, 6) is 0.0932. The highest BCUT2D eigenvalue weighted by Gasteiger charge is 2.11. The molecule has 0 radical (unpaired) electrons. The first-order chi connectivity index (χ1) is 10.6. The summed E-state index contributed by atoms with van der Waals surface area (Å²) in [6.45, 7) is 3.59. The Balaban J connectivity index is 2.04. The molecule has 1 N–H and O–H groups in total. The molecule has 0 spiro atoms. The number of aromatic nitrogens is 2. The molecule has 1 aromatic heterocycles. The van der Waals surface area contributed by atoms with Gasteiger partial charge in [0.05, 0.1) is 10.9 Å². The van der Waals surface area contributed by atoms with Gasteiger partial charge in [0.1, 0.15) is 5.82 Å². The molecule has 1 heterocycles. The molecule has 3 aromatic rings. The second-order valence-corrected chi connectivity index (χ2v) is 5.13. The fourth-order valence-corrected chi connectivity index (χ4v) is 2.33. The van der Waals surface area contributed by atoms with Crippen molar-refractivity contribution in [3.63, 3.8) is 0 Å². The predicted molar refractivity (Wildman–Crippen MR) is 85.6 cm³/mol. The highest BCUT2D eigenvalue weighted by molar-refractivity contribution is 6.00. The van der Waals surface area contributed by atoms with Crippen molar-refractivity contribution in [3.8, 4) is 0 Å². The normalized spacial score (nSPS) is 10.6. The van der Waals surface area contributed by atoms with Crippen LogP contribution in [-0.4, -0.2) is 15.6 Å². The molecule has 3 rings (SSSR count). The zero-order valence-electron chi connectivity index (χ0n) is 12.3. The summed E-state index contributed by atoms with van der Waals surface area (Å²) >= 11 is 0. The quantitative estimate of drug-likeness (QED) is 0.789. The second-order valence-electron chi connectivity index (χ2n) is 5.13. The molecule has 5 heteroatoms. The van der Waals surface area contributed by atoms with Gasteiger partial charge in [-0.25, -0.2) is 9.66 Å². The molecule has 5 nitrogen and oxygen atoms in total. The van der Waals surface area contributed by atoms with Crippen molar-refractivity contribution in [2.75, 3.05) is 5.43 Å². The van der Waals surface area contributed by atoms with Gasteiger partial charge in [0.25, 0.3) is 11.5 Å². The summed E-state index contributed by atoms with van der Waals surface area (Å²) in [6.07, 6.45) is 0. The number of aryl methyl sites for hydroxylation is 2. The summed E-state index contributed by atoms with van der Waals surface area (Å²) in [5.41, 5.74) is 4.43. The Morgan fingerprint density at radius 2 is 1.86 bits per heavy atom. The highest BCUT2D eigenvalue weighted by atomic mass is 16.2. The number of rotatable bonds is 2. The molecule has 0 saturated carbocycles. The van der Waals surface area contributed by atoms with Crippen LogP contribution in [0.1, 0.15) is 21.7 Å². The summed E-state index contributed by atoms with van der Waals surface area (Å²) in [7, 11) is 0. The van der Waals surface area contributed by atoms with Crippen LogP contribution in [0, 0.1) is 13.8 Å². The Bertz CT molecular complexity index is 929. The topological polar surface area (TPSA) is 64.0 Å². The maximum Gasteiger partial charge on any atom is 0.280 e. The van der Waals surface area contributed by atoms with Crippen molar-refractivity contribution < 1.29 is 4.79 Å². The van der Waals surface area contributed by atoms with Gasteiger partial charge in [-0.2, -0.15) is 0 Å². The average molecular weight is 293 g/mol. The van der Waals surface area contributed by atoms with Gasteiger partial charge in [-0.1, -0.05) is 29.8 Å². The number of nitrogens with one attached hydrogen (secondary N) is 1. The number of para-hydroxylation sites is 1. The molecule has 0 aliphatic carbocycles. The first kappa shape index (κ1) is 14.0. The van der Waals surface area contributed by atoms with Gasteiger partial charge in [0.2, 0.25) is 0 Å². The molecule has 110 valence electrons. The minimum Gasteiger partial charge on any atom is -0.267 e. The molecule has 0 bridgehead atoms. The van der Waals surface area contributed by atoms with Crippen LogP contribution in [0.4, 0.5) is 0 Å². The van der Waals surface area contributed by atoms with E-state index in [4.69, 9.17) is 0 Å². The van der Waals surface area contributed by atoms with Crippen LogP contribution in [0.3, 0.4) is 0 Å². The lowest BCUT2D eigenvalue weighted by Gasteiger charge is -2.12. The predicted octanol–water partition coefficient (Wildman–Crippen LogP) is 2.40. The zero-order valence-corrected chi connectivity index (χ0v) is 12.3. The Morgan fingerprint density at radius 1 is 1.09 bits per heavy atom. The van der Waals surface area contributed by atoms with E-state index in [2.05, 4.69) is 10.4 Å². The maximum absolute atomic E-state index is 12.5. The lowest BCUT2D eigenvalue weighted by molar-refractivity contribution is 0.101. The highest BCUT2D eigenvalue weighted by Crippen LogP contribution is 2.08. The number of hydrogen-bond donors (Lipinski definition) is 1. The summed E-state index contributed by atoms with van der Waals surface area (Å²) in [6, 6.07) is 14.2. The largest absolute Gasteiger partial charge is 0.280 e. The van der Waals surface area contributed by atoms with Gasteiger partial charge < -0.3 is 0 Å². The maximum atomic E-state index is 12.5. The number of fused-ring (bicyclic) bond motifs is 1. The monoisotopic (exact) mass is 293 g/mol. The molecule has 0 aliphatic rings. The molecule has 0 unspecified atom stereocenters. The summed E-state index contributed by atoms with van der Waals surface area (Å²) < 4.78 is 1.19. The Morgan fingerprint density at radius 3 is 2.64 bits per heavy atom. The van der Waals surface area contributed by atoms with Gasteiger partial charge in [-0.3, -0.25) is 15.0 Å². The molecular weight excluding hydrogens is 278 g/mol. The lowest BCUT2D eigenvalue weighted by Crippen LogP contribution is -2.35. The first-order valence-electron chi connectivity index (χ1n) is 6.92. The molecule has 1 amide bonds. The van der Waals surface area contributed by atoms with Crippen molar-refractivity contribution in [2.24, 2.45) is 0 Å². The van der Waals surface area contributed by atoms with Crippen LogP contribution in [0.25, 0.3) is 10.9 Å². The molecule has 0 fully saturated rings. The Labute approximate surface area is 127 Å². The van der Waals surface area contributed by atoms with Gasteiger partial charge in [0.15, 0.2) is 0 Å². The number of carbonyl (C=O) groups excluding carboxylic acids is 1. The van der Waals surface area contributed by atoms with Crippen LogP contribution < -0.4 is 11.0 Å². The van der Waals surface area contributed by atoms with Crippen LogP contribution in [0.5, 0.6) is 0 Å². The summed E-state index contributed by atoms with van der Waals surface area (Å²) in [5, 5.41) is 0.470. The minimum atomic E-state index is -0.342. The van der Waals surface area contributed by atoms with Crippen molar-refractivity contribution in [1.29, 1.82) is 0 Å². The third-order valence-corrected chi connectivity index (χ3v) is 3.44. The van der Waals surface area contributed by atoms with Gasteiger partial charge in [-0.15, -0.1) is 0 Å². The van der Waals surface area contributed by atoms with Crippen LogP contribution >= 0.6 is 0 Å². The SMILES string of the molecule is Cc1cccc(C(=O)Nn2c(C)nc3ccccc3c2=O)c1. The van der Waals surface area contributed by atoms with E-state index in [1.54, 1.807) is 43.3 Å². The molecule has 0 atom stereocenters. The van der Waals surface area contributed by atoms with E-state index in [1.807, 2.05) is 19.1 Å². The summed E-state index contributed by atoms with van der Waals surface area (Å²) in [4.78, 5) is 29.1. The van der Waals surface area contributed by atoms with Crippen molar-refractivity contribution in [1.82, 2.24) is 9.66 Å². The fourth-order valence-electron chi connectivity index (χ4n) is 2.33. The third kappa shape index (κ3) is 2.48. The van der Waals surface area contributed by atoms with E-state index >= 15 is 0 Å².